The van der Waals surface area contributed by atoms with Crippen LogP contribution in [0.2, 0.25) is 0 Å². The number of alkyl halides is 6. The third kappa shape index (κ3) is 5.36. The maximum Gasteiger partial charge on any atom is 0.416 e. The van der Waals surface area contributed by atoms with Gasteiger partial charge in [0.15, 0.2) is 15.0 Å². The second kappa shape index (κ2) is 8.30. The summed E-state index contributed by atoms with van der Waals surface area (Å²) in [7, 11) is -3.54. The number of carbonyl (C=O) groups is 1. The Labute approximate surface area is 178 Å². The fraction of sp³-hybridized carbons (Fsp3) is 0.556. The van der Waals surface area contributed by atoms with Crippen LogP contribution in [-0.4, -0.2) is 42.3 Å². The number of amidine groups is 1. The van der Waals surface area contributed by atoms with E-state index in [0.29, 0.717) is 25.0 Å². The standard InChI is InChI=1S/C18H18F6N2O3S2/c1-2-3-4-15(27)25-16-26(13-8-31(28,29)9-14(13)30-16)12-6-10(17(19,20)21)5-11(7-12)18(22,23)24/h5-7,13-14H,2-4,8-9H2,1H3/t13-,14+/m0/s1. The molecule has 31 heavy (non-hydrogen) atoms. The minimum atomic E-state index is -5.06. The van der Waals surface area contributed by atoms with Crippen molar-refractivity contribution in [2.24, 2.45) is 4.99 Å². The number of amides is 1. The van der Waals surface area contributed by atoms with Crippen LogP contribution in [0.3, 0.4) is 0 Å². The average Bonchev–Trinajstić information content (AvgIpc) is 3.08. The third-order valence-corrected chi connectivity index (χ3v) is 8.09. The molecule has 2 aliphatic heterocycles. The smallest absolute Gasteiger partial charge is 0.316 e. The zero-order valence-corrected chi connectivity index (χ0v) is 17.8. The second-order valence-corrected chi connectivity index (χ2v) is 10.7. The predicted octanol–water partition coefficient (Wildman–Crippen LogP) is 4.52. The van der Waals surface area contributed by atoms with Gasteiger partial charge in [0.2, 0.25) is 5.91 Å². The normalized spacial score (nSPS) is 24.6. The van der Waals surface area contributed by atoms with Crippen molar-refractivity contribution in [1.29, 1.82) is 0 Å². The Morgan fingerprint density at radius 1 is 1.10 bits per heavy atom. The van der Waals surface area contributed by atoms with Crippen molar-refractivity contribution in [3.05, 3.63) is 29.3 Å². The number of aliphatic imine (C=N–C) groups is 1. The lowest BCUT2D eigenvalue weighted by Crippen LogP contribution is -2.38. The van der Waals surface area contributed by atoms with Crippen LogP contribution in [0.25, 0.3) is 0 Å². The Bertz CT molecular complexity index is 972. The van der Waals surface area contributed by atoms with E-state index in [9.17, 15) is 39.6 Å². The van der Waals surface area contributed by atoms with Gasteiger partial charge in [-0.05, 0) is 24.6 Å². The van der Waals surface area contributed by atoms with Crippen molar-refractivity contribution in [3.8, 4) is 0 Å². The number of rotatable bonds is 4. The summed E-state index contributed by atoms with van der Waals surface area (Å²) < 4.78 is 104. The van der Waals surface area contributed by atoms with Gasteiger partial charge in [0.1, 0.15) is 0 Å². The van der Waals surface area contributed by atoms with Crippen molar-refractivity contribution in [2.45, 2.75) is 49.8 Å². The molecule has 1 aromatic rings. The lowest BCUT2D eigenvalue weighted by atomic mass is 10.1. The lowest BCUT2D eigenvalue weighted by molar-refractivity contribution is -0.143. The number of unbranched alkanes of at least 4 members (excludes halogenated alkanes) is 1. The van der Waals surface area contributed by atoms with E-state index in [2.05, 4.69) is 4.99 Å². The van der Waals surface area contributed by atoms with E-state index >= 15 is 0 Å². The van der Waals surface area contributed by atoms with Crippen LogP contribution in [0, 0.1) is 0 Å². The third-order valence-electron chi connectivity index (χ3n) is 4.88. The summed E-state index contributed by atoms with van der Waals surface area (Å²) in [5.41, 5.74) is -3.55. The molecule has 2 heterocycles. The largest absolute Gasteiger partial charge is 0.416 e. The van der Waals surface area contributed by atoms with E-state index in [-0.39, 0.29) is 23.4 Å². The highest BCUT2D eigenvalue weighted by atomic mass is 32.2. The number of halogens is 6. The van der Waals surface area contributed by atoms with Gasteiger partial charge in [-0.3, -0.25) is 4.79 Å². The van der Waals surface area contributed by atoms with Crippen LogP contribution in [0.1, 0.15) is 37.3 Å². The van der Waals surface area contributed by atoms with E-state index in [4.69, 9.17) is 0 Å². The summed E-state index contributed by atoms with van der Waals surface area (Å²) >= 11 is 0.888. The van der Waals surface area contributed by atoms with E-state index in [1.54, 1.807) is 0 Å². The molecule has 0 aromatic heterocycles. The van der Waals surface area contributed by atoms with E-state index in [0.717, 1.165) is 16.7 Å². The average molecular weight is 488 g/mol. The number of anilines is 1. The summed E-state index contributed by atoms with van der Waals surface area (Å²) in [5, 5.41) is -0.731. The van der Waals surface area contributed by atoms with Crippen molar-refractivity contribution in [3.63, 3.8) is 0 Å². The Hall–Kier alpha value is -1.76. The quantitative estimate of drug-likeness (QED) is 0.584. The molecule has 172 valence electrons. The molecule has 2 aliphatic rings. The minimum Gasteiger partial charge on any atom is -0.316 e. The van der Waals surface area contributed by atoms with E-state index < -0.39 is 62.0 Å². The van der Waals surface area contributed by atoms with Crippen LogP contribution >= 0.6 is 11.8 Å². The Balaban J connectivity index is 2.12. The van der Waals surface area contributed by atoms with Crippen LogP contribution in [0.5, 0.6) is 0 Å². The van der Waals surface area contributed by atoms with Crippen molar-refractivity contribution >= 4 is 38.4 Å². The monoisotopic (exact) mass is 488 g/mol. The molecule has 13 heteroatoms. The molecule has 2 atom stereocenters. The molecule has 2 fully saturated rings. The first-order valence-corrected chi connectivity index (χ1v) is 12.0. The Kier molecular flexibility index (Phi) is 6.40. The number of sulfone groups is 1. The molecule has 1 amide bonds. The topological polar surface area (TPSA) is 66.8 Å². The second-order valence-electron chi connectivity index (χ2n) is 7.33. The first-order chi connectivity index (χ1) is 14.2. The highest BCUT2D eigenvalue weighted by Crippen LogP contribution is 2.44. The minimum absolute atomic E-state index is 0.00119. The fourth-order valence-electron chi connectivity index (χ4n) is 3.43. The summed E-state index contributed by atoms with van der Waals surface area (Å²) in [4.78, 5) is 17.1. The van der Waals surface area contributed by atoms with Gasteiger partial charge in [0.05, 0.1) is 28.7 Å². The summed E-state index contributed by atoms with van der Waals surface area (Å²) in [5.74, 6) is -1.32. The number of benzene rings is 1. The number of nitrogens with zero attached hydrogens (tertiary/aromatic N) is 2. The van der Waals surface area contributed by atoms with Crippen molar-refractivity contribution < 1.29 is 39.6 Å². The van der Waals surface area contributed by atoms with E-state index in [1.807, 2.05) is 6.92 Å². The maximum absolute atomic E-state index is 13.3. The molecule has 5 nitrogen and oxygen atoms in total. The van der Waals surface area contributed by atoms with Crippen molar-refractivity contribution in [2.75, 3.05) is 16.4 Å². The van der Waals surface area contributed by atoms with Gasteiger partial charge in [-0.2, -0.15) is 31.3 Å². The van der Waals surface area contributed by atoms with E-state index in [1.165, 1.54) is 0 Å². The number of fused-ring (bicyclic) bond motifs is 1. The lowest BCUT2D eigenvalue weighted by Gasteiger charge is -2.26. The van der Waals surface area contributed by atoms with Gasteiger partial charge in [-0.25, -0.2) is 8.42 Å². The molecule has 3 rings (SSSR count). The summed E-state index contributed by atoms with van der Waals surface area (Å²) in [6.07, 6.45) is -8.84. The molecule has 0 saturated carbocycles. The molecule has 1 aromatic carbocycles. The zero-order valence-electron chi connectivity index (χ0n) is 16.1. The summed E-state index contributed by atoms with van der Waals surface area (Å²) in [6.45, 7) is 1.84. The molecule has 0 aliphatic carbocycles. The van der Waals surface area contributed by atoms with Gasteiger partial charge < -0.3 is 4.90 Å². The number of hydrogen-bond donors (Lipinski definition) is 0. The Morgan fingerprint density at radius 3 is 2.19 bits per heavy atom. The van der Waals surface area contributed by atoms with Crippen LogP contribution in [0.15, 0.2) is 23.2 Å². The molecule has 0 bridgehead atoms. The van der Waals surface area contributed by atoms with Gasteiger partial charge in [0, 0.05) is 17.4 Å². The van der Waals surface area contributed by atoms with Gasteiger partial charge >= 0.3 is 12.4 Å². The van der Waals surface area contributed by atoms with Crippen LogP contribution in [0.4, 0.5) is 32.0 Å². The van der Waals surface area contributed by atoms with Crippen LogP contribution < -0.4 is 4.90 Å². The molecule has 0 spiro atoms. The highest BCUT2D eigenvalue weighted by molar-refractivity contribution is 8.16. The SMILES string of the molecule is CCCCC(=O)N=C1S[C@@H]2CS(=O)(=O)C[C@@H]2N1c1cc(C(F)(F)F)cc(C(F)(F)F)c1. The Morgan fingerprint density at radius 2 is 1.68 bits per heavy atom. The first kappa shape index (κ1) is 23.9. The number of hydrogen-bond acceptors (Lipinski definition) is 4. The zero-order chi connectivity index (χ0) is 23.2. The molecule has 2 saturated heterocycles. The van der Waals surface area contributed by atoms with Gasteiger partial charge in [0.25, 0.3) is 0 Å². The highest BCUT2D eigenvalue weighted by Gasteiger charge is 2.50. The fourth-order valence-corrected chi connectivity index (χ4v) is 7.37. The number of thioether (sulfide) groups is 1. The van der Waals surface area contributed by atoms with Gasteiger partial charge in [-0.1, -0.05) is 25.1 Å². The molecular weight excluding hydrogens is 470 g/mol. The van der Waals surface area contributed by atoms with Crippen molar-refractivity contribution in [1.82, 2.24) is 0 Å². The molecular formula is C18H18F6N2O3S2. The number of carbonyl (C=O) groups excluding carboxylic acids is 1. The molecule has 0 N–H and O–H groups in total. The maximum atomic E-state index is 13.3. The molecule has 0 radical (unpaired) electrons. The summed E-state index contributed by atoms with van der Waals surface area (Å²) in [6, 6.07) is 0.126. The van der Waals surface area contributed by atoms with Gasteiger partial charge in [-0.15, -0.1) is 0 Å². The predicted molar refractivity (Wildman–Crippen MR) is 105 cm³/mol. The molecule has 0 unspecified atom stereocenters. The first-order valence-electron chi connectivity index (χ1n) is 9.28. The van der Waals surface area contributed by atoms with Crippen LogP contribution in [-0.2, 0) is 27.0 Å².